The summed E-state index contributed by atoms with van der Waals surface area (Å²) in [5.74, 6) is 0.123. The molecule has 1 amide bonds. The van der Waals surface area contributed by atoms with E-state index >= 15 is 0 Å². The molecule has 0 aromatic carbocycles. The van der Waals surface area contributed by atoms with Gasteiger partial charge in [0.2, 0.25) is 0 Å². The Morgan fingerprint density at radius 1 is 1.24 bits per heavy atom. The van der Waals surface area contributed by atoms with Crippen LogP contribution < -0.4 is 5.56 Å². The predicted octanol–water partition coefficient (Wildman–Crippen LogP) is 3.20. The summed E-state index contributed by atoms with van der Waals surface area (Å²) in [6.07, 6.45) is 4.66. The minimum absolute atomic E-state index is 0.123. The summed E-state index contributed by atoms with van der Waals surface area (Å²) in [7, 11) is 0. The molecule has 8 nitrogen and oxygen atoms in total. The molecular weight excluding hydrogens is 370 g/mol. The minimum Gasteiger partial charge on any atom is -0.444 e. The molecule has 1 aliphatic rings. The zero-order valence-corrected chi connectivity index (χ0v) is 16.9. The van der Waals surface area contributed by atoms with Gasteiger partial charge < -0.3 is 9.64 Å². The fourth-order valence-corrected chi connectivity index (χ4v) is 3.60. The second-order valence-corrected chi connectivity index (χ2v) is 8.32. The summed E-state index contributed by atoms with van der Waals surface area (Å²) in [4.78, 5) is 35.8. The normalized spacial score (nSPS) is 15.6. The third-order valence-corrected chi connectivity index (χ3v) is 5.02. The minimum atomic E-state index is -0.509. The molecule has 0 aliphatic carbocycles. The first-order valence-electron chi connectivity index (χ1n) is 9.82. The van der Waals surface area contributed by atoms with Crippen molar-refractivity contribution in [1.29, 1.82) is 0 Å². The molecule has 152 valence electrons. The molecule has 0 bridgehead atoms. The Labute approximate surface area is 168 Å². The molecule has 3 aromatic heterocycles. The van der Waals surface area contributed by atoms with Gasteiger partial charge in [-0.1, -0.05) is 6.07 Å². The van der Waals surface area contributed by atoms with Crippen LogP contribution in [0.4, 0.5) is 4.79 Å². The highest BCUT2D eigenvalue weighted by Crippen LogP contribution is 2.28. The molecule has 3 aromatic rings. The van der Waals surface area contributed by atoms with Crippen molar-refractivity contribution in [3.63, 3.8) is 0 Å². The standard InChI is InChI=1S/C21H25N5O3/c1-21(2,3)29-20(28)25-10-7-14(8-11-25)17-12-18(27)26-19(24-17)15(13-23-26)16-6-4-5-9-22-16/h4-6,9,12-14,23H,7-8,10-11H2,1-3H3. The van der Waals surface area contributed by atoms with Gasteiger partial charge in [0.05, 0.1) is 17.0 Å². The fraction of sp³-hybridized carbons (Fsp3) is 0.429. The molecule has 8 heteroatoms. The van der Waals surface area contributed by atoms with Gasteiger partial charge in [-0.05, 0) is 45.7 Å². The van der Waals surface area contributed by atoms with E-state index < -0.39 is 5.60 Å². The highest BCUT2D eigenvalue weighted by Gasteiger charge is 2.28. The number of pyridine rings is 1. The van der Waals surface area contributed by atoms with Crippen molar-refractivity contribution in [3.8, 4) is 11.3 Å². The van der Waals surface area contributed by atoms with Gasteiger partial charge in [0.25, 0.3) is 5.56 Å². The Kier molecular flexibility index (Phi) is 4.86. The molecule has 1 aliphatic heterocycles. The number of ether oxygens (including phenoxy) is 1. The molecule has 1 N–H and O–H groups in total. The molecule has 1 saturated heterocycles. The Hall–Kier alpha value is -3.16. The van der Waals surface area contributed by atoms with Gasteiger partial charge in [0.1, 0.15) is 5.60 Å². The van der Waals surface area contributed by atoms with Crippen LogP contribution >= 0.6 is 0 Å². The fourth-order valence-electron chi connectivity index (χ4n) is 3.60. The van der Waals surface area contributed by atoms with Crippen molar-refractivity contribution >= 4 is 11.7 Å². The quantitative estimate of drug-likeness (QED) is 0.719. The SMILES string of the molecule is CC(C)(C)OC(=O)N1CCC(c2cc(=O)n3[nH]cc(-c4ccccn4)c3n2)CC1. The maximum Gasteiger partial charge on any atom is 0.410 e. The molecule has 1 fully saturated rings. The van der Waals surface area contributed by atoms with Crippen molar-refractivity contribution in [2.24, 2.45) is 0 Å². The summed E-state index contributed by atoms with van der Waals surface area (Å²) in [6, 6.07) is 7.23. The number of piperidine rings is 1. The number of fused-ring (bicyclic) bond motifs is 1. The maximum absolute atomic E-state index is 12.6. The van der Waals surface area contributed by atoms with E-state index in [1.807, 2.05) is 39.0 Å². The lowest BCUT2D eigenvalue weighted by Crippen LogP contribution is -2.41. The van der Waals surface area contributed by atoms with Gasteiger partial charge >= 0.3 is 6.09 Å². The maximum atomic E-state index is 12.6. The Balaban J connectivity index is 1.56. The average molecular weight is 395 g/mol. The van der Waals surface area contributed by atoms with Crippen molar-refractivity contribution in [2.45, 2.75) is 45.1 Å². The molecule has 0 radical (unpaired) electrons. The van der Waals surface area contributed by atoms with Gasteiger partial charge in [-0.2, -0.15) is 0 Å². The van der Waals surface area contributed by atoms with Gasteiger partial charge in [-0.25, -0.2) is 14.3 Å². The number of aromatic nitrogens is 4. The van der Waals surface area contributed by atoms with Crippen LogP contribution in [0.5, 0.6) is 0 Å². The number of hydrogen-bond acceptors (Lipinski definition) is 5. The third-order valence-electron chi connectivity index (χ3n) is 5.02. The highest BCUT2D eigenvalue weighted by molar-refractivity contribution is 5.74. The zero-order chi connectivity index (χ0) is 20.6. The van der Waals surface area contributed by atoms with Crippen LogP contribution in [0.2, 0.25) is 0 Å². The average Bonchev–Trinajstić information content (AvgIpc) is 3.12. The number of aromatic amines is 1. The third kappa shape index (κ3) is 4.01. The summed E-state index contributed by atoms with van der Waals surface area (Å²) < 4.78 is 6.89. The Morgan fingerprint density at radius 2 is 2.00 bits per heavy atom. The lowest BCUT2D eigenvalue weighted by atomic mass is 9.93. The molecule has 0 atom stereocenters. The number of hydrogen-bond donors (Lipinski definition) is 1. The first kappa shape index (κ1) is 19.2. The first-order valence-corrected chi connectivity index (χ1v) is 9.82. The van der Waals surface area contributed by atoms with Crippen LogP contribution in [0, 0.1) is 0 Å². The van der Waals surface area contributed by atoms with Crippen molar-refractivity contribution in [2.75, 3.05) is 13.1 Å². The van der Waals surface area contributed by atoms with E-state index in [9.17, 15) is 9.59 Å². The number of nitrogens with zero attached hydrogens (tertiary/aromatic N) is 4. The number of H-pyrrole nitrogens is 1. The van der Waals surface area contributed by atoms with Gasteiger partial charge in [-0.3, -0.25) is 14.9 Å². The number of rotatable bonds is 2. The van der Waals surface area contributed by atoms with Gasteiger partial charge in [-0.15, -0.1) is 0 Å². The van der Waals surface area contributed by atoms with Crippen LogP contribution in [0.1, 0.15) is 45.2 Å². The van der Waals surface area contributed by atoms with Crippen LogP contribution in [0.25, 0.3) is 16.9 Å². The summed E-state index contributed by atoms with van der Waals surface area (Å²) >= 11 is 0. The predicted molar refractivity (Wildman–Crippen MR) is 109 cm³/mol. The molecular formula is C21H25N5O3. The van der Waals surface area contributed by atoms with Crippen LogP contribution in [-0.2, 0) is 4.74 Å². The molecule has 29 heavy (non-hydrogen) atoms. The van der Waals surface area contributed by atoms with E-state index in [4.69, 9.17) is 9.72 Å². The van der Waals surface area contributed by atoms with Gasteiger partial charge in [0.15, 0.2) is 5.65 Å². The zero-order valence-electron chi connectivity index (χ0n) is 16.9. The molecule has 4 heterocycles. The lowest BCUT2D eigenvalue weighted by Gasteiger charge is -2.33. The largest absolute Gasteiger partial charge is 0.444 e. The number of nitrogens with one attached hydrogen (secondary N) is 1. The Bertz CT molecular complexity index is 1070. The van der Waals surface area contributed by atoms with Crippen molar-refractivity contribution < 1.29 is 9.53 Å². The van der Waals surface area contributed by atoms with E-state index in [0.717, 1.165) is 29.8 Å². The van der Waals surface area contributed by atoms with Crippen LogP contribution in [0.3, 0.4) is 0 Å². The second kappa shape index (κ2) is 7.35. The van der Waals surface area contributed by atoms with Crippen molar-refractivity contribution in [1.82, 2.24) is 24.5 Å². The summed E-state index contributed by atoms with van der Waals surface area (Å²) in [6.45, 7) is 6.75. The van der Waals surface area contributed by atoms with Crippen molar-refractivity contribution in [3.05, 3.63) is 52.7 Å². The van der Waals surface area contributed by atoms with E-state index in [2.05, 4.69) is 10.1 Å². The van der Waals surface area contributed by atoms with E-state index in [1.165, 1.54) is 4.52 Å². The monoisotopic (exact) mass is 395 g/mol. The lowest BCUT2D eigenvalue weighted by molar-refractivity contribution is 0.0204. The van der Waals surface area contributed by atoms with E-state index in [1.54, 1.807) is 23.4 Å². The molecule has 0 unspecified atom stereocenters. The van der Waals surface area contributed by atoms with E-state index in [0.29, 0.717) is 18.7 Å². The second-order valence-electron chi connectivity index (χ2n) is 8.32. The van der Waals surface area contributed by atoms with Gasteiger partial charge in [0, 0.05) is 37.5 Å². The molecule has 4 rings (SSSR count). The summed E-state index contributed by atoms with van der Waals surface area (Å²) in [5.41, 5.74) is 2.22. The topological polar surface area (TPSA) is 92.6 Å². The Morgan fingerprint density at radius 3 is 2.66 bits per heavy atom. The first-order chi connectivity index (χ1) is 13.8. The number of likely N-dealkylation sites (tertiary alicyclic amines) is 1. The smallest absolute Gasteiger partial charge is 0.410 e. The van der Waals surface area contributed by atoms with Crippen LogP contribution in [-0.4, -0.2) is 49.3 Å². The van der Waals surface area contributed by atoms with E-state index in [-0.39, 0.29) is 17.6 Å². The molecule has 0 spiro atoms. The number of carbonyl (C=O) groups is 1. The molecule has 0 saturated carbocycles. The summed E-state index contributed by atoms with van der Waals surface area (Å²) in [5, 5.41) is 2.96. The highest BCUT2D eigenvalue weighted by atomic mass is 16.6. The number of carbonyl (C=O) groups excluding carboxylic acids is 1. The number of amides is 1. The van der Waals surface area contributed by atoms with Crippen LogP contribution in [0.15, 0.2) is 41.5 Å².